The predicted octanol–water partition coefficient (Wildman–Crippen LogP) is -3.41. The molecule has 0 rings (SSSR count). The average Bonchev–Trinajstić information content (AvgIpc) is 2.37. The standard InChI is InChI=1S/C4H9NO3.C3H7NO3.C3H7NO2/c1-2(6)3(5)4(7)8;4-2(1-5)3(6)7;1-2(4)3(5)6/h2-3,6H,5H2,1H3,(H,7,8);2,5H,1,4H2,(H,6,7);2H,4H2,1H3,(H,5,6)/t2-,3+;2*2-/m100/s1. The number of nitrogens with two attached hydrogens (primary N) is 3. The van der Waals surface area contributed by atoms with Crippen LogP contribution in [0.15, 0.2) is 0 Å². The van der Waals surface area contributed by atoms with Crippen molar-refractivity contribution in [3.05, 3.63) is 0 Å². The van der Waals surface area contributed by atoms with Gasteiger partial charge in [-0.3, -0.25) is 14.4 Å². The van der Waals surface area contributed by atoms with Crippen molar-refractivity contribution in [3.63, 3.8) is 0 Å². The molecule has 0 aromatic heterocycles. The highest BCUT2D eigenvalue weighted by atomic mass is 16.4. The lowest BCUT2D eigenvalue weighted by Crippen LogP contribution is -2.39. The van der Waals surface area contributed by atoms with Gasteiger partial charge >= 0.3 is 17.9 Å². The zero-order chi connectivity index (χ0) is 17.7. The molecule has 11 N–H and O–H groups in total. The maximum absolute atomic E-state index is 9.86. The van der Waals surface area contributed by atoms with E-state index in [0.29, 0.717) is 0 Å². The van der Waals surface area contributed by atoms with Crippen LogP contribution >= 0.6 is 0 Å². The molecule has 0 spiro atoms. The summed E-state index contributed by atoms with van der Waals surface area (Å²) in [6.45, 7) is 2.25. The van der Waals surface area contributed by atoms with E-state index in [1.54, 1.807) is 0 Å². The highest BCUT2D eigenvalue weighted by Gasteiger charge is 2.16. The molecule has 0 aliphatic carbocycles. The fourth-order valence-electron chi connectivity index (χ4n) is 0.284. The van der Waals surface area contributed by atoms with Gasteiger partial charge in [-0.05, 0) is 13.8 Å². The SMILES string of the molecule is C[C@@H](O)[C@H](N)C(=O)O.C[C@H](N)C(=O)O.N[C@@H](CO)C(=O)O. The largest absolute Gasteiger partial charge is 0.480 e. The molecule has 0 fully saturated rings. The van der Waals surface area contributed by atoms with E-state index in [0.717, 1.165) is 0 Å². The lowest BCUT2D eigenvalue weighted by molar-refractivity contribution is -0.141. The molecule has 11 heteroatoms. The molecule has 0 bridgehead atoms. The van der Waals surface area contributed by atoms with Crippen molar-refractivity contribution >= 4 is 17.9 Å². The first-order chi connectivity index (χ1) is 9.38. The van der Waals surface area contributed by atoms with Gasteiger partial charge in [0.2, 0.25) is 0 Å². The Balaban J connectivity index is -0.000000234. The fourth-order valence-corrected chi connectivity index (χ4v) is 0.284. The van der Waals surface area contributed by atoms with Crippen molar-refractivity contribution in [2.75, 3.05) is 6.61 Å². The van der Waals surface area contributed by atoms with Crippen LogP contribution in [0.4, 0.5) is 0 Å². The third kappa shape index (κ3) is 18.2. The molecule has 0 aliphatic heterocycles. The van der Waals surface area contributed by atoms with Crippen molar-refractivity contribution in [2.45, 2.75) is 38.1 Å². The van der Waals surface area contributed by atoms with Gasteiger partial charge in [-0.1, -0.05) is 0 Å². The van der Waals surface area contributed by atoms with Gasteiger partial charge in [0.15, 0.2) is 0 Å². The summed E-state index contributed by atoms with van der Waals surface area (Å²) in [7, 11) is 0. The Hall–Kier alpha value is -1.79. The Labute approximate surface area is 121 Å². The number of carbonyl (C=O) groups is 3. The minimum atomic E-state index is -1.18. The van der Waals surface area contributed by atoms with E-state index in [4.69, 9.17) is 42.7 Å². The van der Waals surface area contributed by atoms with Gasteiger partial charge in [-0.25, -0.2) is 0 Å². The second kappa shape index (κ2) is 13.2. The third-order valence-corrected chi connectivity index (χ3v) is 1.71. The Morgan fingerprint density at radius 1 is 0.905 bits per heavy atom. The minimum absolute atomic E-state index is 0.505. The van der Waals surface area contributed by atoms with Gasteiger partial charge in [0.1, 0.15) is 18.1 Å². The Kier molecular flexibility index (Phi) is 15.2. The zero-order valence-electron chi connectivity index (χ0n) is 11.7. The molecule has 0 aromatic rings. The van der Waals surface area contributed by atoms with E-state index in [-0.39, 0.29) is 0 Å². The maximum Gasteiger partial charge on any atom is 0.323 e. The van der Waals surface area contributed by atoms with Crippen LogP contribution in [0.2, 0.25) is 0 Å². The summed E-state index contributed by atoms with van der Waals surface area (Å²) in [5, 5.41) is 40.3. The van der Waals surface area contributed by atoms with Crippen molar-refractivity contribution < 1.29 is 39.9 Å². The smallest absolute Gasteiger partial charge is 0.323 e. The summed E-state index contributed by atoms with van der Waals surface area (Å²) in [5.41, 5.74) is 14.5. The number of aliphatic hydroxyl groups excluding tert-OH is 2. The van der Waals surface area contributed by atoms with E-state index in [2.05, 4.69) is 0 Å². The molecule has 0 heterocycles. The van der Waals surface area contributed by atoms with Crippen LogP contribution in [-0.2, 0) is 14.4 Å². The molecular weight excluding hydrogens is 290 g/mol. The second-order valence-corrected chi connectivity index (χ2v) is 3.86. The molecule has 0 radical (unpaired) electrons. The monoisotopic (exact) mass is 313 g/mol. The molecule has 0 aromatic carbocycles. The van der Waals surface area contributed by atoms with Gasteiger partial charge in [-0.15, -0.1) is 0 Å². The molecule has 4 atom stereocenters. The number of carboxylic acid groups (broad SMARTS) is 3. The first-order valence-corrected chi connectivity index (χ1v) is 5.62. The van der Waals surface area contributed by atoms with E-state index in [1.165, 1.54) is 13.8 Å². The summed E-state index contributed by atoms with van der Waals surface area (Å²) < 4.78 is 0. The number of hydrogen-bond acceptors (Lipinski definition) is 8. The zero-order valence-corrected chi connectivity index (χ0v) is 11.7. The molecule has 0 unspecified atom stereocenters. The number of aliphatic carboxylic acids is 3. The van der Waals surface area contributed by atoms with Gasteiger partial charge in [0, 0.05) is 0 Å². The number of aliphatic hydroxyl groups is 2. The van der Waals surface area contributed by atoms with Crippen LogP contribution in [0.25, 0.3) is 0 Å². The lowest BCUT2D eigenvalue weighted by atomic mass is 10.2. The highest BCUT2D eigenvalue weighted by Crippen LogP contribution is 1.85. The number of hydrogen-bond donors (Lipinski definition) is 8. The Bertz CT molecular complexity index is 321. The molecule has 0 saturated heterocycles. The quantitative estimate of drug-likeness (QED) is 0.249. The summed E-state index contributed by atoms with van der Waals surface area (Å²) in [4.78, 5) is 29.1. The molecule has 0 saturated carbocycles. The second-order valence-electron chi connectivity index (χ2n) is 3.86. The topological polar surface area (TPSA) is 230 Å². The lowest BCUT2D eigenvalue weighted by Gasteiger charge is -2.06. The van der Waals surface area contributed by atoms with Gasteiger partial charge in [0.05, 0.1) is 12.7 Å². The van der Waals surface area contributed by atoms with Crippen LogP contribution in [0, 0.1) is 0 Å². The van der Waals surface area contributed by atoms with Crippen molar-refractivity contribution in [1.29, 1.82) is 0 Å². The van der Waals surface area contributed by atoms with Gasteiger partial charge in [-0.2, -0.15) is 0 Å². The van der Waals surface area contributed by atoms with Gasteiger partial charge < -0.3 is 42.7 Å². The molecule has 0 aliphatic rings. The highest BCUT2D eigenvalue weighted by molar-refractivity contribution is 5.73. The molecule has 11 nitrogen and oxygen atoms in total. The van der Waals surface area contributed by atoms with E-state index >= 15 is 0 Å². The van der Waals surface area contributed by atoms with Crippen LogP contribution in [0.1, 0.15) is 13.8 Å². The van der Waals surface area contributed by atoms with E-state index in [1.807, 2.05) is 0 Å². The van der Waals surface area contributed by atoms with Crippen LogP contribution in [0.3, 0.4) is 0 Å². The maximum atomic E-state index is 9.86. The number of carboxylic acids is 3. The molecule has 126 valence electrons. The van der Waals surface area contributed by atoms with Crippen molar-refractivity contribution in [2.24, 2.45) is 17.2 Å². The fraction of sp³-hybridized carbons (Fsp3) is 0.700. The minimum Gasteiger partial charge on any atom is -0.480 e. The number of rotatable bonds is 5. The summed E-state index contributed by atoms with van der Waals surface area (Å²) in [6, 6.07) is -3.01. The van der Waals surface area contributed by atoms with Crippen LogP contribution < -0.4 is 17.2 Å². The molecule has 21 heavy (non-hydrogen) atoms. The van der Waals surface area contributed by atoms with Crippen molar-refractivity contribution in [1.82, 2.24) is 0 Å². The summed E-state index contributed by atoms with van der Waals surface area (Å²) in [6.07, 6.45) is -0.979. The van der Waals surface area contributed by atoms with E-state index < -0.39 is 48.7 Å². The Morgan fingerprint density at radius 2 is 1.24 bits per heavy atom. The normalized spacial score (nSPS) is 15.0. The van der Waals surface area contributed by atoms with Gasteiger partial charge in [0.25, 0.3) is 0 Å². The van der Waals surface area contributed by atoms with Crippen LogP contribution in [0.5, 0.6) is 0 Å². The summed E-state index contributed by atoms with van der Waals surface area (Å²) in [5.74, 6) is -3.32. The van der Waals surface area contributed by atoms with Crippen LogP contribution in [-0.4, -0.2) is 74.3 Å². The average molecular weight is 313 g/mol. The van der Waals surface area contributed by atoms with E-state index in [9.17, 15) is 14.4 Å². The molecule has 0 amide bonds. The third-order valence-electron chi connectivity index (χ3n) is 1.71. The predicted molar refractivity (Wildman–Crippen MR) is 71.3 cm³/mol. The van der Waals surface area contributed by atoms with Crippen molar-refractivity contribution in [3.8, 4) is 0 Å². The first kappa shape index (κ1) is 24.2. The molecular formula is C10H23N3O8. The first-order valence-electron chi connectivity index (χ1n) is 5.62. The Morgan fingerprint density at radius 3 is 1.24 bits per heavy atom. The summed E-state index contributed by atoms with van der Waals surface area (Å²) >= 11 is 0.